The molecule has 2 amide bonds. The molecule has 4 saturated heterocycles. The van der Waals surface area contributed by atoms with Crippen molar-refractivity contribution < 1.29 is 14.3 Å². The van der Waals surface area contributed by atoms with Gasteiger partial charge in [0.25, 0.3) is 0 Å². The molecule has 4 heterocycles. The molecule has 0 aromatic carbocycles. The molecule has 3 atom stereocenters. The monoisotopic (exact) mass is 385 g/mol. The van der Waals surface area contributed by atoms with Crippen molar-refractivity contribution in [2.45, 2.75) is 57.0 Å². The minimum Gasteiger partial charge on any atom is -0.378 e. The summed E-state index contributed by atoms with van der Waals surface area (Å²) in [7, 11) is 0. The third-order valence-corrected chi connectivity index (χ3v) is 6.48. The normalized spacial score (nSPS) is 34.3. The van der Waals surface area contributed by atoms with E-state index in [-0.39, 0.29) is 30.1 Å². The molecule has 148 valence electrons. The number of nitrogens with one attached hydrogen (secondary N) is 1. The summed E-state index contributed by atoms with van der Waals surface area (Å²) in [6.07, 6.45) is 7.37. The van der Waals surface area contributed by atoms with Crippen LogP contribution in [-0.2, 0) is 14.3 Å². The van der Waals surface area contributed by atoms with E-state index in [4.69, 9.17) is 4.74 Å². The maximum Gasteiger partial charge on any atom is 0.227 e. The zero-order valence-electron chi connectivity index (χ0n) is 15.5. The molecular weight excluding hydrogens is 354 g/mol. The number of ether oxygens (including phenoxy) is 1. The average molecular weight is 386 g/mol. The molecule has 0 saturated carbocycles. The Hall–Kier alpha value is -0.850. The number of likely N-dealkylation sites (tertiary alicyclic amines) is 1. The summed E-state index contributed by atoms with van der Waals surface area (Å²) < 4.78 is 5.34. The Kier molecular flexibility index (Phi) is 6.81. The van der Waals surface area contributed by atoms with Crippen LogP contribution in [0.4, 0.5) is 0 Å². The molecule has 7 heteroatoms. The minimum absolute atomic E-state index is 0. The average Bonchev–Trinajstić information content (AvgIpc) is 3.00. The molecule has 4 aliphatic rings. The van der Waals surface area contributed by atoms with Crippen molar-refractivity contribution in [2.24, 2.45) is 11.8 Å². The first-order valence-corrected chi connectivity index (χ1v) is 10.1. The number of piperidine rings is 2. The summed E-state index contributed by atoms with van der Waals surface area (Å²) in [5.41, 5.74) is 0. The lowest BCUT2D eigenvalue weighted by atomic mass is 9.88. The SMILES string of the molecule is Cl.O=C(CC1CC2CCC(C1)N2)N1CCCC(C(=O)N2CCOCC2)C1. The number of carbonyl (C=O) groups is 2. The third-order valence-electron chi connectivity index (χ3n) is 6.48. The second-order valence-corrected chi connectivity index (χ2v) is 8.30. The van der Waals surface area contributed by atoms with E-state index in [2.05, 4.69) is 5.32 Å². The number of hydrogen-bond donors (Lipinski definition) is 1. The molecule has 0 aliphatic carbocycles. The highest BCUT2D eigenvalue weighted by molar-refractivity contribution is 5.85. The molecular formula is C19H32ClN3O3. The maximum absolute atomic E-state index is 12.8. The van der Waals surface area contributed by atoms with E-state index < -0.39 is 0 Å². The molecule has 0 aromatic heterocycles. The summed E-state index contributed by atoms with van der Waals surface area (Å²) >= 11 is 0. The van der Waals surface area contributed by atoms with Gasteiger partial charge >= 0.3 is 0 Å². The number of carbonyl (C=O) groups excluding carboxylic acids is 2. The van der Waals surface area contributed by atoms with Crippen LogP contribution >= 0.6 is 12.4 Å². The van der Waals surface area contributed by atoms with Crippen molar-refractivity contribution in [3.8, 4) is 0 Å². The zero-order valence-corrected chi connectivity index (χ0v) is 16.3. The molecule has 4 fully saturated rings. The number of rotatable bonds is 3. The fourth-order valence-electron chi connectivity index (χ4n) is 5.17. The van der Waals surface area contributed by atoms with Crippen molar-refractivity contribution in [1.82, 2.24) is 15.1 Å². The lowest BCUT2D eigenvalue weighted by Gasteiger charge is -2.37. The molecule has 0 spiro atoms. The molecule has 26 heavy (non-hydrogen) atoms. The Morgan fingerprint density at radius 1 is 0.962 bits per heavy atom. The van der Waals surface area contributed by atoms with E-state index in [1.165, 1.54) is 12.8 Å². The van der Waals surface area contributed by atoms with Crippen LogP contribution in [0.5, 0.6) is 0 Å². The smallest absolute Gasteiger partial charge is 0.227 e. The fourth-order valence-corrected chi connectivity index (χ4v) is 5.17. The fraction of sp³-hybridized carbons (Fsp3) is 0.895. The van der Waals surface area contributed by atoms with Crippen LogP contribution in [0.15, 0.2) is 0 Å². The van der Waals surface area contributed by atoms with E-state index in [1.54, 1.807) is 0 Å². The van der Waals surface area contributed by atoms with Crippen LogP contribution in [-0.4, -0.2) is 73.1 Å². The molecule has 4 aliphatic heterocycles. The van der Waals surface area contributed by atoms with Crippen molar-refractivity contribution in [3.05, 3.63) is 0 Å². The number of morpholine rings is 1. The van der Waals surface area contributed by atoms with Crippen LogP contribution in [0.3, 0.4) is 0 Å². The van der Waals surface area contributed by atoms with Gasteiger partial charge in [-0.2, -0.15) is 0 Å². The lowest BCUT2D eigenvalue weighted by Crippen LogP contribution is -2.50. The van der Waals surface area contributed by atoms with Gasteiger partial charge in [0, 0.05) is 44.7 Å². The minimum atomic E-state index is -0.0139. The second-order valence-electron chi connectivity index (χ2n) is 8.30. The van der Waals surface area contributed by atoms with E-state index in [9.17, 15) is 9.59 Å². The zero-order chi connectivity index (χ0) is 17.2. The largest absolute Gasteiger partial charge is 0.378 e. The van der Waals surface area contributed by atoms with Crippen molar-refractivity contribution in [2.75, 3.05) is 39.4 Å². The van der Waals surface area contributed by atoms with Gasteiger partial charge in [-0.05, 0) is 44.4 Å². The summed E-state index contributed by atoms with van der Waals surface area (Å²) in [5, 5.41) is 3.65. The second kappa shape index (κ2) is 8.89. The van der Waals surface area contributed by atoms with Crippen LogP contribution in [0, 0.1) is 11.8 Å². The number of amides is 2. The molecule has 2 bridgehead atoms. The molecule has 3 unspecified atom stereocenters. The first-order valence-electron chi connectivity index (χ1n) is 10.1. The Bertz CT molecular complexity index is 500. The first-order chi connectivity index (χ1) is 12.2. The predicted molar refractivity (Wildman–Crippen MR) is 101 cm³/mol. The number of fused-ring (bicyclic) bond motifs is 2. The van der Waals surface area contributed by atoms with Gasteiger partial charge < -0.3 is 19.9 Å². The van der Waals surface area contributed by atoms with Crippen LogP contribution in [0.25, 0.3) is 0 Å². The predicted octanol–water partition coefficient (Wildman–Crippen LogP) is 1.43. The van der Waals surface area contributed by atoms with Gasteiger partial charge in [0.2, 0.25) is 11.8 Å². The number of hydrogen-bond acceptors (Lipinski definition) is 4. The highest BCUT2D eigenvalue weighted by Gasteiger charge is 2.36. The Morgan fingerprint density at radius 2 is 1.65 bits per heavy atom. The lowest BCUT2D eigenvalue weighted by molar-refractivity contribution is -0.144. The molecule has 0 aromatic rings. The molecule has 0 radical (unpaired) electrons. The van der Waals surface area contributed by atoms with Crippen molar-refractivity contribution >= 4 is 24.2 Å². The van der Waals surface area contributed by atoms with Crippen molar-refractivity contribution in [3.63, 3.8) is 0 Å². The summed E-state index contributed by atoms with van der Waals surface area (Å²) in [4.78, 5) is 29.4. The van der Waals surface area contributed by atoms with Crippen molar-refractivity contribution in [1.29, 1.82) is 0 Å². The summed E-state index contributed by atoms with van der Waals surface area (Å²) in [5.74, 6) is 1.01. The standard InChI is InChI=1S/C19H31N3O3.ClH/c23-18(12-14-10-16-3-4-17(11-14)20-16)22-5-1-2-15(13-22)19(24)21-6-8-25-9-7-21;/h14-17,20H,1-13H2;1H. The highest BCUT2D eigenvalue weighted by Crippen LogP contribution is 2.33. The topological polar surface area (TPSA) is 61.9 Å². The third kappa shape index (κ3) is 4.52. The quantitative estimate of drug-likeness (QED) is 0.798. The van der Waals surface area contributed by atoms with Gasteiger partial charge in [-0.1, -0.05) is 0 Å². The van der Waals surface area contributed by atoms with Gasteiger partial charge in [-0.3, -0.25) is 9.59 Å². The molecule has 4 rings (SSSR count). The van der Waals surface area contributed by atoms with Gasteiger partial charge in [0.15, 0.2) is 0 Å². The van der Waals surface area contributed by atoms with E-state index in [1.807, 2.05) is 9.80 Å². The summed E-state index contributed by atoms with van der Waals surface area (Å²) in [6.45, 7) is 4.11. The molecule has 6 nitrogen and oxygen atoms in total. The van der Waals surface area contributed by atoms with Crippen LogP contribution < -0.4 is 5.32 Å². The highest BCUT2D eigenvalue weighted by atomic mass is 35.5. The number of halogens is 1. The van der Waals surface area contributed by atoms with Crippen LogP contribution in [0.2, 0.25) is 0 Å². The Balaban J connectivity index is 0.00000196. The van der Waals surface area contributed by atoms with Gasteiger partial charge in [-0.25, -0.2) is 0 Å². The van der Waals surface area contributed by atoms with E-state index in [0.717, 1.165) is 32.2 Å². The van der Waals surface area contributed by atoms with E-state index >= 15 is 0 Å². The van der Waals surface area contributed by atoms with Gasteiger partial charge in [0.1, 0.15) is 0 Å². The maximum atomic E-state index is 12.8. The first kappa shape index (κ1) is 19.9. The van der Waals surface area contributed by atoms with E-state index in [0.29, 0.717) is 57.3 Å². The van der Waals surface area contributed by atoms with Gasteiger partial charge in [-0.15, -0.1) is 12.4 Å². The Morgan fingerprint density at radius 3 is 2.35 bits per heavy atom. The Labute approximate surface area is 162 Å². The van der Waals surface area contributed by atoms with Gasteiger partial charge in [0.05, 0.1) is 19.1 Å². The van der Waals surface area contributed by atoms with Crippen LogP contribution in [0.1, 0.15) is 44.9 Å². The molecule has 1 N–H and O–H groups in total. The number of nitrogens with zero attached hydrogens (tertiary/aromatic N) is 2. The summed E-state index contributed by atoms with van der Waals surface area (Å²) in [6, 6.07) is 1.27.